The van der Waals surface area contributed by atoms with Crippen molar-refractivity contribution in [3.05, 3.63) is 35.9 Å². The van der Waals surface area contributed by atoms with E-state index in [-0.39, 0.29) is 6.04 Å². The number of rotatable bonds is 3. The van der Waals surface area contributed by atoms with Gasteiger partial charge in [-0.15, -0.1) is 0 Å². The molecule has 1 saturated carbocycles. The van der Waals surface area contributed by atoms with Gasteiger partial charge in [-0.3, -0.25) is 9.59 Å². The van der Waals surface area contributed by atoms with Gasteiger partial charge in [0, 0.05) is 5.71 Å². The van der Waals surface area contributed by atoms with Crippen LogP contribution in [0.25, 0.3) is 0 Å². The Hall–Kier alpha value is -2.17. The van der Waals surface area contributed by atoms with E-state index in [1.807, 2.05) is 37.3 Å². The predicted octanol–water partition coefficient (Wildman–Crippen LogP) is 2.30. The first-order valence-electron chi connectivity index (χ1n) is 7.38. The first-order chi connectivity index (χ1) is 10.2. The van der Waals surface area contributed by atoms with Gasteiger partial charge in [0.25, 0.3) is 0 Å². The topological polar surface area (TPSA) is 70.6 Å². The molecule has 1 aliphatic carbocycles. The van der Waals surface area contributed by atoms with E-state index >= 15 is 0 Å². The molecule has 1 aliphatic rings. The third kappa shape index (κ3) is 4.70. The summed E-state index contributed by atoms with van der Waals surface area (Å²) in [7, 11) is 0. The fourth-order valence-electron chi connectivity index (χ4n) is 2.34. The third-order valence-corrected chi connectivity index (χ3v) is 3.60. The van der Waals surface area contributed by atoms with Crippen molar-refractivity contribution in [1.29, 1.82) is 0 Å². The Balaban J connectivity index is 1.83. The number of carbonyl (C=O) groups excluding carboxylic acids is 2. The largest absolute Gasteiger partial charge is 0.341 e. The fraction of sp³-hybridized carbons (Fsp3) is 0.438. The highest BCUT2D eigenvalue weighted by Crippen LogP contribution is 2.14. The Morgan fingerprint density at radius 1 is 1.05 bits per heavy atom. The van der Waals surface area contributed by atoms with Crippen LogP contribution in [0.4, 0.5) is 0 Å². The molecule has 0 radical (unpaired) electrons. The van der Waals surface area contributed by atoms with Crippen molar-refractivity contribution < 1.29 is 9.59 Å². The molecule has 0 saturated heterocycles. The quantitative estimate of drug-likeness (QED) is 0.661. The Morgan fingerprint density at radius 3 is 2.38 bits per heavy atom. The van der Waals surface area contributed by atoms with Gasteiger partial charge in [0.15, 0.2) is 0 Å². The normalized spacial score (nSPS) is 16.0. The molecule has 0 unspecified atom stereocenters. The number of hydrazone groups is 1. The lowest BCUT2D eigenvalue weighted by Gasteiger charge is -2.14. The van der Waals surface area contributed by atoms with E-state index in [1.54, 1.807) is 0 Å². The standard InChI is InChI=1S/C16H21N3O2/c1-12(13-8-4-2-5-9-13)17-15(20)16(21)19-18-14-10-6-3-7-11-14/h2,4-5,8-9,12H,3,6-7,10-11H2,1H3,(H,17,20)(H,19,21)/t12-/m1/s1. The average Bonchev–Trinajstić information content (AvgIpc) is 2.54. The van der Waals surface area contributed by atoms with E-state index < -0.39 is 11.8 Å². The molecule has 21 heavy (non-hydrogen) atoms. The monoisotopic (exact) mass is 287 g/mol. The third-order valence-electron chi connectivity index (χ3n) is 3.60. The van der Waals surface area contributed by atoms with Gasteiger partial charge in [-0.1, -0.05) is 36.8 Å². The lowest BCUT2D eigenvalue weighted by atomic mass is 9.99. The molecule has 1 aromatic carbocycles. The fourth-order valence-corrected chi connectivity index (χ4v) is 2.34. The highest BCUT2D eigenvalue weighted by molar-refractivity contribution is 6.35. The Bertz CT molecular complexity index is 518. The van der Waals surface area contributed by atoms with Gasteiger partial charge in [-0.05, 0) is 38.2 Å². The molecule has 112 valence electrons. The molecule has 1 atom stereocenters. The number of hydrogen-bond donors (Lipinski definition) is 2. The van der Waals surface area contributed by atoms with Crippen molar-refractivity contribution in [2.24, 2.45) is 5.10 Å². The smallest absolute Gasteiger partial charge is 0.329 e. The van der Waals surface area contributed by atoms with Crippen molar-refractivity contribution in [3.8, 4) is 0 Å². The van der Waals surface area contributed by atoms with Gasteiger partial charge in [-0.2, -0.15) is 5.10 Å². The van der Waals surface area contributed by atoms with E-state index in [1.165, 1.54) is 6.42 Å². The number of carbonyl (C=O) groups is 2. The highest BCUT2D eigenvalue weighted by atomic mass is 16.2. The second kappa shape index (κ2) is 7.57. The maximum absolute atomic E-state index is 11.8. The van der Waals surface area contributed by atoms with Crippen molar-refractivity contribution >= 4 is 17.5 Å². The maximum Gasteiger partial charge on any atom is 0.329 e. The Labute approximate surface area is 124 Å². The van der Waals surface area contributed by atoms with Crippen molar-refractivity contribution in [3.63, 3.8) is 0 Å². The summed E-state index contributed by atoms with van der Waals surface area (Å²) in [6.45, 7) is 1.84. The van der Waals surface area contributed by atoms with Crippen LogP contribution in [-0.2, 0) is 9.59 Å². The van der Waals surface area contributed by atoms with Crippen molar-refractivity contribution in [2.75, 3.05) is 0 Å². The van der Waals surface area contributed by atoms with Crippen molar-refractivity contribution in [1.82, 2.24) is 10.7 Å². The number of nitrogens with zero attached hydrogens (tertiary/aromatic N) is 1. The molecule has 5 nitrogen and oxygen atoms in total. The number of benzene rings is 1. The minimum atomic E-state index is -0.712. The first kappa shape index (κ1) is 15.2. The molecule has 2 amide bonds. The van der Waals surface area contributed by atoms with Gasteiger partial charge in [0.1, 0.15) is 0 Å². The predicted molar refractivity (Wildman–Crippen MR) is 81.7 cm³/mol. The van der Waals surface area contributed by atoms with Crippen LogP contribution in [0.15, 0.2) is 35.4 Å². The van der Waals surface area contributed by atoms with Crippen LogP contribution in [0, 0.1) is 0 Å². The molecule has 0 bridgehead atoms. The van der Waals surface area contributed by atoms with E-state index in [2.05, 4.69) is 15.8 Å². The van der Waals surface area contributed by atoms with Crippen LogP contribution in [0.1, 0.15) is 50.6 Å². The molecule has 0 aliphatic heterocycles. The van der Waals surface area contributed by atoms with Gasteiger partial charge in [0.2, 0.25) is 0 Å². The molecule has 0 spiro atoms. The second-order valence-electron chi connectivity index (χ2n) is 5.29. The Morgan fingerprint density at radius 2 is 1.71 bits per heavy atom. The van der Waals surface area contributed by atoms with Gasteiger partial charge >= 0.3 is 11.8 Å². The van der Waals surface area contributed by atoms with E-state index in [0.29, 0.717) is 0 Å². The van der Waals surface area contributed by atoms with Gasteiger partial charge < -0.3 is 5.32 Å². The zero-order valence-electron chi connectivity index (χ0n) is 12.3. The van der Waals surface area contributed by atoms with Crippen LogP contribution in [0.3, 0.4) is 0 Å². The number of hydrogen-bond acceptors (Lipinski definition) is 3. The zero-order chi connectivity index (χ0) is 15.1. The summed E-state index contributed by atoms with van der Waals surface area (Å²) < 4.78 is 0. The lowest BCUT2D eigenvalue weighted by molar-refractivity contribution is -0.139. The lowest BCUT2D eigenvalue weighted by Crippen LogP contribution is -2.39. The van der Waals surface area contributed by atoms with E-state index in [0.717, 1.165) is 37.0 Å². The molecule has 5 heteroatoms. The SMILES string of the molecule is C[C@@H](NC(=O)C(=O)NN=C1CCCCC1)c1ccccc1. The molecular weight excluding hydrogens is 266 g/mol. The summed E-state index contributed by atoms with van der Waals surface area (Å²) in [4.78, 5) is 23.5. The summed E-state index contributed by atoms with van der Waals surface area (Å²) in [5.41, 5.74) is 4.27. The number of amides is 2. The van der Waals surface area contributed by atoms with Crippen LogP contribution in [-0.4, -0.2) is 17.5 Å². The molecule has 2 N–H and O–H groups in total. The zero-order valence-corrected chi connectivity index (χ0v) is 12.3. The highest BCUT2D eigenvalue weighted by Gasteiger charge is 2.17. The summed E-state index contributed by atoms with van der Waals surface area (Å²) in [5.74, 6) is -1.37. The second-order valence-corrected chi connectivity index (χ2v) is 5.29. The van der Waals surface area contributed by atoms with E-state index in [9.17, 15) is 9.59 Å². The summed E-state index contributed by atoms with van der Waals surface area (Å²) in [6.07, 6.45) is 5.23. The minimum Gasteiger partial charge on any atom is -0.341 e. The average molecular weight is 287 g/mol. The minimum absolute atomic E-state index is 0.216. The summed E-state index contributed by atoms with van der Waals surface area (Å²) >= 11 is 0. The van der Waals surface area contributed by atoms with Crippen LogP contribution in [0.5, 0.6) is 0 Å². The number of nitrogens with one attached hydrogen (secondary N) is 2. The Kier molecular flexibility index (Phi) is 5.49. The maximum atomic E-state index is 11.8. The van der Waals surface area contributed by atoms with E-state index in [4.69, 9.17) is 0 Å². The van der Waals surface area contributed by atoms with Crippen LogP contribution in [0.2, 0.25) is 0 Å². The molecule has 0 aromatic heterocycles. The van der Waals surface area contributed by atoms with Crippen molar-refractivity contribution in [2.45, 2.75) is 45.1 Å². The molecular formula is C16H21N3O2. The van der Waals surface area contributed by atoms with Crippen LogP contribution < -0.4 is 10.7 Å². The molecule has 2 rings (SSSR count). The molecule has 1 aromatic rings. The first-order valence-corrected chi connectivity index (χ1v) is 7.38. The summed E-state index contributed by atoms with van der Waals surface area (Å²) in [6, 6.07) is 9.30. The molecule has 0 heterocycles. The van der Waals surface area contributed by atoms with Gasteiger partial charge in [0.05, 0.1) is 6.04 Å². The van der Waals surface area contributed by atoms with Gasteiger partial charge in [-0.25, -0.2) is 5.43 Å². The van der Waals surface area contributed by atoms with Crippen LogP contribution >= 0.6 is 0 Å². The molecule has 1 fully saturated rings. The summed E-state index contributed by atoms with van der Waals surface area (Å²) in [5, 5.41) is 6.70.